The zero-order valence-corrected chi connectivity index (χ0v) is 11.5. The summed E-state index contributed by atoms with van der Waals surface area (Å²) in [4.78, 5) is 2.33. The molecule has 0 atom stereocenters. The van der Waals surface area contributed by atoms with E-state index in [-0.39, 0.29) is 0 Å². The normalized spacial score (nSPS) is 16.2. The van der Waals surface area contributed by atoms with Crippen LogP contribution in [0.3, 0.4) is 0 Å². The summed E-state index contributed by atoms with van der Waals surface area (Å²) in [6, 6.07) is 10.7. The van der Waals surface area contributed by atoms with Crippen molar-refractivity contribution in [2.45, 2.75) is 45.6 Å². The quantitative estimate of drug-likeness (QED) is 0.631. The van der Waals surface area contributed by atoms with Gasteiger partial charge in [0.2, 0.25) is 0 Å². The third-order valence-electron chi connectivity index (χ3n) is 3.66. The van der Waals surface area contributed by atoms with Gasteiger partial charge in [-0.05, 0) is 18.8 Å². The minimum Gasteiger partial charge on any atom is -0.353 e. The van der Waals surface area contributed by atoms with Gasteiger partial charge in [0.1, 0.15) is 5.84 Å². The van der Waals surface area contributed by atoms with Crippen LogP contribution in [-0.4, -0.2) is 23.3 Å². The molecule has 1 aliphatic rings. The molecule has 1 saturated carbocycles. The minimum absolute atomic E-state index is 0.583. The molecule has 2 heteroatoms. The van der Waals surface area contributed by atoms with Gasteiger partial charge in [-0.3, -0.25) is 5.41 Å². The molecule has 1 N–H and O–H groups in total. The van der Waals surface area contributed by atoms with Crippen molar-refractivity contribution in [3.05, 3.63) is 35.9 Å². The molecule has 1 aliphatic carbocycles. The summed E-state index contributed by atoms with van der Waals surface area (Å²) in [6.07, 6.45) is 5.15. The van der Waals surface area contributed by atoms with Gasteiger partial charge in [0.05, 0.1) is 0 Å². The van der Waals surface area contributed by atoms with Crippen LogP contribution in [-0.2, 0) is 0 Å². The average Bonchev–Trinajstić information content (AvgIpc) is 2.89. The largest absolute Gasteiger partial charge is 0.353 e. The molecular weight excluding hydrogens is 220 g/mol. The molecule has 2 nitrogen and oxygen atoms in total. The topological polar surface area (TPSA) is 27.1 Å². The first kappa shape index (κ1) is 13.1. The lowest BCUT2D eigenvalue weighted by Crippen LogP contribution is -2.41. The van der Waals surface area contributed by atoms with Crippen LogP contribution >= 0.6 is 0 Å². The number of nitrogens with one attached hydrogen (secondary N) is 1. The van der Waals surface area contributed by atoms with Crippen molar-refractivity contribution >= 4 is 5.84 Å². The highest BCUT2D eigenvalue weighted by molar-refractivity contribution is 5.96. The van der Waals surface area contributed by atoms with Gasteiger partial charge in [0, 0.05) is 18.2 Å². The van der Waals surface area contributed by atoms with Gasteiger partial charge in [-0.1, -0.05) is 57.0 Å². The first-order valence-electron chi connectivity index (χ1n) is 7.09. The monoisotopic (exact) mass is 244 g/mol. The zero-order valence-electron chi connectivity index (χ0n) is 11.5. The molecule has 0 aromatic heterocycles. The molecule has 0 radical (unpaired) electrons. The molecule has 1 aromatic rings. The highest BCUT2D eigenvalue weighted by atomic mass is 15.2. The molecule has 0 heterocycles. The van der Waals surface area contributed by atoms with Gasteiger partial charge >= 0.3 is 0 Å². The van der Waals surface area contributed by atoms with E-state index in [4.69, 9.17) is 5.41 Å². The van der Waals surface area contributed by atoms with E-state index in [0.717, 1.165) is 12.1 Å². The summed E-state index contributed by atoms with van der Waals surface area (Å²) in [5.41, 5.74) is 1.05. The van der Waals surface area contributed by atoms with Crippen molar-refractivity contribution in [2.24, 2.45) is 5.92 Å². The van der Waals surface area contributed by atoms with Crippen LogP contribution in [0, 0.1) is 11.3 Å². The summed E-state index contributed by atoms with van der Waals surface area (Å²) >= 11 is 0. The van der Waals surface area contributed by atoms with E-state index in [1.165, 1.54) is 25.7 Å². The van der Waals surface area contributed by atoms with Crippen molar-refractivity contribution in [3.8, 4) is 0 Å². The van der Waals surface area contributed by atoms with Crippen molar-refractivity contribution in [2.75, 3.05) is 6.54 Å². The maximum atomic E-state index is 8.47. The Morgan fingerprint density at radius 3 is 2.39 bits per heavy atom. The molecule has 18 heavy (non-hydrogen) atoms. The fourth-order valence-electron chi connectivity index (χ4n) is 2.79. The summed E-state index contributed by atoms with van der Waals surface area (Å²) in [7, 11) is 0. The van der Waals surface area contributed by atoms with E-state index < -0.39 is 0 Å². The van der Waals surface area contributed by atoms with Crippen molar-refractivity contribution in [3.63, 3.8) is 0 Å². The Bertz CT molecular complexity index is 377. The zero-order chi connectivity index (χ0) is 13.0. The Morgan fingerprint density at radius 1 is 1.22 bits per heavy atom. The maximum absolute atomic E-state index is 8.47. The predicted molar refractivity (Wildman–Crippen MR) is 77.1 cm³/mol. The van der Waals surface area contributed by atoms with Crippen LogP contribution in [0.25, 0.3) is 0 Å². The Balaban J connectivity index is 2.15. The fourth-order valence-corrected chi connectivity index (χ4v) is 2.79. The summed E-state index contributed by atoms with van der Waals surface area (Å²) in [5.74, 6) is 1.31. The molecule has 2 rings (SSSR count). The number of hydrogen-bond donors (Lipinski definition) is 1. The molecule has 0 amide bonds. The van der Waals surface area contributed by atoms with Gasteiger partial charge in [-0.25, -0.2) is 0 Å². The fraction of sp³-hybridized carbons (Fsp3) is 0.562. The third-order valence-corrected chi connectivity index (χ3v) is 3.66. The van der Waals surface area contributed by atoms with Crippen LogP contribution in [0.1, 0.15) is 45.1 Å². The van der Waals surface area contributed by atoms with Crippen LogP contribution in [0.5, 0.6) is 0 Å². The predicted octanol–water partition coefficient (Wildman–Crippen LogP) is 3.91. The SMILES string of the molecule is CC(C)CN(C(=N)c1ccccc1)C1CCCC1. The number of amidine groups is 1. The molecule has 0 saturated heterocycles. The highest BCUT2D eigenvalue weighted by Gasteiger charge is 2.25. The van der Waals surface area contributed by atoms with E-state index in [9.17, 15) is 0 Å². The summed E-state index contributed by atoms with van der Waals surface area (Å²) in [6.45, 7) is 5.47. The molecular formula is C16H24N2. The van der Waals surface area contributed by atoms with Crippen LogP contribution in [0.4, 0.5) is 0 Å². The molecule has 0 aliphatic heterocycles. The number of rotatable bonds is 4. The van der Waals surface area contributed by atoms with Crippen molar-refractivity contribution < 1.29 is 0 Å². The van der Waals surface area contributed by atoms with E-state index in [2.05, 4.69) is 18.7 Å². The van der Waals surface area contributed by atoms with Gasteiger partial charge in [-0.15, -0.1) is 0 Å². The van der Waals surface area contributed by atoms with Gasteiger partial charge < -0.3 is 4.90 Å². The van der Waals surface area contributed by atoms with E-state index >= 15 is 0 Å². The number of nitrogens with zero attached hydrogens (tertiary/aromatic N) is 1. The highest BCUT2D eigenvalue weighted by Crippen LogP contribution is 2.25. The third kappa shape index (κ3) is 3.12. The molecule has 98 valence electrons. The Morgan fingerprint density at radius 2 is 1.83 bits per heavy atom. The Hall–Kier alpha value is -1.31. The number of hydrogen-bond acceptors (Lipinski definition) is 1. The number of benzene rings is 1. The van der Waals surface area contributed by atoms with Crippen LogP contribution < -0.4 is 0 Å². The molecule has 0 spiro atoms. The van der Waals surface area contributed by atoms with Crippen LogP contribution in [0.15, 0.2) is 30.3 Å². The van der Waals surface area contributed by atoms with Crippen LogP contribution in [0.2, 0.25) is 0 Å². The standard InChI is InChI=1S/C16H24N2/c1-13(2)12-18(15-10-6-7-11-15)16(17)14-8-4-3-5-9-14/h3-5,8-9,13,15,17H,6-7,10-12H2,1-2H3. The van der Waals surface area contributed by atoms with Gasteiger partial charge in [-0.2, -0.15) is 0 Å². The van der Waals surface area contributed by atoms with Crippen molar-refractivity contribution in [1.82, 2.24) is 4.90 Å². The molecule has 0 bridgehead atoms. The van der Waals surface area contributed by atoms with E-state index in [1.54, 1.807) is 0 Å². The average molecular weight is 244 g/mol. The van der Waals surface area contributed by atoms with E-state index in [0.29, 0.717) is 17.8 Å². The lowest BCUT2D eigenvalue weighted by molar-refractivity contribution is 0.282. The maximum Gasteiger partial charge on any atom is 0.128 e. The lowest BCUT2D eigenvalue weighted by atomic mass is 10.1. The summed E-state index contributed by atoms with van der Waals surface area (Å²) in [5, 5.41) is 8.47. The smallest absolute Gasteiger partial charge is 0.128 e. The second-order valence-corrected chi connectivity index (χ2v) is 5.70. The Kier molecular flexibility index (Phi) is 4.40. The van der Waals surface area contributed by atoms with Gasteiger partial charge in [0.15, 0.2) is 0 Å². The van der Waals surface area contributed by atoms with Gasteiger partial charge in [0.25, 0.3) is 0 Å². The van der Waals surface area contributed by atoms with E-state index in [1.807, 2.05) is 30.3 Å². The molecule has 0 unspecified atom stereocenters. The summed E-state index contributed by atoms with van der Waals surface area (Å²) < 4.78 is 0. The lowest BCUT2D eigenvalue weighted by Gasteiger charge is -2.33. The Labute approximate surface area is 111 Å². The molecule has 1 fully saturated rings. The second kappa shape index (κ2) is 6.03. The molecule has 1 aromatic carbocycles. The second-order valence-electron chi connectivity index (χ2n) is 5.70. The van der Waals surface area contributed by atoms with Crippen molar-refractivity contribution in [1.29, 1.82) is 5.41 Å². The first-order chi connectivity index (χ1) is 8.68. The first-order valence-corrected chi connectivity index (χ1v) is 7.09. The minimum atomic E-state index is 0.583.